The van der Waals surface area contributed by atoms with Gasteiger partial charge in [-0.2, -0.15) is 0 Å². The highest BCUT2D eigenvalue weighted by atomic mass is 31.2. The van der Waals surface area contributed by atoms with Crippen molar-refractivity contribution in [1.82, 2.24) is 4.98 Å². The van der Waals surface area contributed by atoms with Crippen molar-refractivity contribution in [3.63, 3.8) is 0 Å². The van der Waals surface area contributed by atoms with Gasteiger partial charge in [0, 0.05) is 6.07 Å². The van der Waals surface area contributed by atoms with Gasteiger partial charge in [-0.05, 0) is 0 Å². The standard InChI is InChI=1S/C11H18N5O7P/c12-6-1-4-7(10(13)15-6)14-3-16(4)11-9(18)8(17)5(23-11)2-22-24(19,20)21/h1,5,8-9,11,14,17-18H,2-3H2,(H4,12,13,15)(H2,19,20,21)/t5-,8-,9+,11-/m1/s1. The quantitative estimate of drug-likeness (QED) is 0.291. The number of hydrogen-bond donors (Lipinski definition) is 7. The van der Waals surface area contributed by atoms with E-state index in [0.29, 0.717) is 11.4 Å². The number of aliphatic hydroxyl groups excluding tert-OH is 2. The van der Waals surface area contributed by atoms with Gasteiger partial charge in [0.05, 0.1) is 19.0 Å². The number of ether oxygens (including phenoxy) is 1. The molecule has 2 aliphatic rings. The molecule has 0 aromatic carbocycles. The predicted octanol–water partition coefficient (Wildman–Crippen LogP) is -2.01. The zero-order valence-corrected chi connectivity index (χ0v) is 13.2. The van der Waals surface area contributed by atoms with Crippen molar-refractivity contribution in [2.24, 2.45) is 0 Å². The third-order valence-corrected chi connectivity index (χ3v) is 4.32. The molecular weight excluding hydrogens is 345 g/mol. The first-order chi connectivity index (χ1) is 11.2. The van der Waals surface area contributed by atoms with Crippen molar-refractivity contribution < 1.29 is 33.8 Å². The number of nitrogen functional groups attached to an aromatic ring is 2. The average Bonchev–Trinajstić information content (AvgIpc) is 3.00. The number of anilines is 4. The summed E-state index contributed by atoms with van der Waals surface area (Å²) in [6.45, 7) is -0.362. The van der Waals surface area contributed by atoms with E-state index in [4.69, 9.17) is 26.0 Å². The Morgan fingerprint density at radius 1 is 1.42 bits per heavy atom. The lowest BCUT2D eigenvalue weighted by atomic mass is 10.1. The zero-order chi connectivity index (χ0) is 17.6. The SMILES string of the molecule is Nc1cc2c(c(N)n1)NCN2[C@@H]1O[C@H](COP(=O)(O)O)[C@@H](O)[C@@H]1O. The van der Waals surface area contributed by atoms with Gasteiger partial charge in [-0.15, -0.1) is 0 Å². The first kappa shape index (κ1) is 17.2. The predicted molar refractivity (Wildman–Crippen MR) is 82.7 cm³/mol. The molecule has 0 spiro atoms. The minimum atomic E-state index is -4.72. The lowest BCUT2D eigenvalue weighted by Crippen LogP contribution is -2.44. The number of rotatable bonds is 4. The van der Waals surface area contributed by atoms with Crippen molar-refractivity contribution in [1.29, 1.82) is 0 Å². The second kappa shape index (κ2) is 6.01. The summed E-state index contributed by atoms with van der Waals surface area (Å²) in [6.07, 6.45) is -4.82. The molecule has 4 atom stereocenters. The van der Waals surface area contributed by atoms with Crippen molar-refractivity contribution in [2.45, 2.75) is 24.5 Å². The molecule has 2 aliphatic heterocycles. The van der Waals surface area contributed by atoms with Crippen LogP contribution in [0.3, 0.4) is 0 Å². The average molecular weight is 363 g/mol. The Labute approximate surface area is 136 Å². The van der Waals surface area contributed by atoms with Crippen LogP contribution in [0.2, 0.25) is 0 Å². The Hall–Kier alpha value is -1.66. The monoisotopic (exact) mass is 363 g/mol. The molecule has 3 rings (SSSR count). The Bertz CT molecular complexity index is 685. The van der Waals surface area contributed by atoms with Crippen LogP contribution in [-0.2, 0) is 13.8 Å². The van der Waals surface area contributed by atoms with Crippen LogP contribution in [0.25, 0.3) is 0 Å². The first-order valence-corrected chi connectivity index (χ1v) is 8.48. The lowest BCUT2D eigenvalue weighted by Gasteiger charge is -2.27. The molecular formula is C11H18N5O7P. The fourth-order valence-electron chi connectivity index (χ4n) is 2.75. The third kappa shape index (κ3) is 3.13. The van der Waals surface area contributed by atoms with Gasteiger partial charge in [-0.1, -0.05) is 0 Å². The van der Waals surface area contributed by atoms with Crippen molar-refractivity contribution >= 4 is 30.8 Å². The summed E-state index contributed by atoms with van der Waals surface area (Å²) in [5.74, 6) is 0.358. The summed E-state index contributed by atoms with van der Waals surface area (Å²) in [4.78, 5) is 23.0. The molecule has 0 amide bonds. The van der Waals surface area contributed by atoms with E-state index in [2.05, 4.69) is 14.8 Å². The van der Waals surface area contributed by atoms with E-state index in [1.165, 1.54) is 6.07 Å². The van der Waals surface area contributed by atoms with Crippen LogP contribution in [0.5, 0.6) is 0 Å². The molecule has 12 nitrogen and oxygen atoms in total. The molecule has 13 heteroatoms. The van der Waals surface area contributed by atoms with Crippen LogP contribution >= 0.6 is 7.82 Å². The Kier molecular flexibility index (Phi) is 4.30. The molecule has 0 unspecified atom stereocenters. The van der Waals surface area contributed by atoms with Crippen molar-refractivity contribution in [2.75, 3.05) is 35.0 Å². The third-order valence-electron chi connectivity index (χ3n) is 3.83. The summed E-state index contributed by atoms with van der Waals surface area (Å²) in [5, 5.41) is 23.2. The molecule has 134 valence electrons. The largest absolute Gasteiger partial charge is 0.469 e. The molecule has 1 aromatic heterocycles. The summed E-state index contributed by atoms with van der Waals surface area (Å²) in [7, 11) is -4.72. The topological polar surface area (TPSA) is 197 Å². The number of nitrogens with zero attached hydrogens (tertiary/aromatic N) is 2. The van der Waals surface area contributed by atoms with E-state index >= 15 is 0 Å². The van der Waals surface area contributed by atoms with E-state index in [9.17, 15) is 14.8 Å². The number of nitrogens with one attached hydrogen (secondary N) is 1. The van der Waals surface area contributed by atoms with Gasteiger partial charge < -0.3 is 46.4 Å². The molecule has 0 saturated carbocycles. The van der Waals surface area contributed by atoms with E-state index in [-0.39, 0.29) is 18.3 Å². The number of phosphoric acid groups is 1. The number of hydrogen-bond acceptors (Lipinski definition) is 10. The van der Waals surface area contributed by atoms with Gasteiger partial charge in [0.2, 0.25) is 0 Å². The van der Waals surface area contributed by atoms with Gasteiger partial charge >= 0.3 is 7.82 Å². The summed E-state index contributed by atoms with van der Waals surface area (Å²) >= 11 is 0. The number of aliphatic hydroxyl groups is 2. The maximum Gasteiger partial charge on any atom is 0.469 e. The van der Waals surface area contributed by atoms with Crippen LogP contribution in [0.1, 0.15) is 0 Å². The minimum Gasteiger partial charge on any atom is -0.387 e. The maximum atomic E-state index is 10.8. The van der Waals surface area contributed by atoms with Gasteiger partial charge in [-0.3, -0.25) is 4.52 Å². The highest BCUT2D eigenvalue weighted by molar-refractivity contribution is 7.46. The normalized spacial score (nSPS) is 29.6. The molecule has 1 fully saturated rings. The number of nitrogens with two attached hydrogens (primary N) is 2. The highest BCUT2D eigenvalue weighted by Crippen LogP contribution is 2.41. The van der Waals surface area contributed by atoms with Crippen molar-refractivity contribution in [3.8, 4) is 0 Å². The summed E-state index contributed by atoms with van der Waals surface area (Å²) in [6, 6.07) is 1.54. The number of aromatic nitrogens is 1. The number of fused-ring (bicyclic) bond motifs is 1. The van der Waals surface area contributed by atoms with Crippen LogP contribution < -0.4 is 21.7 Å². The molecule has 24 heavy (non-hydrogen) atoms. The molecule has 9 N–H and O–H groups in total. The van der Waals surface area contributed by atoms with Crippen LogP contribution in [0.15, 0.2) is 6.07 Å². The number of pyridine rings is 1. The first-order valence-electron chi connectivity index (χ1n) is 6.95. The van der Waals surface area contributed by atoms with Gasteiger partial charge in [0.25, 0.3) is 0 Å². The fourth-order valence-corrected chi connectivity index (χ4v) is 3.09. The highest BCUT2D eigenvalue weighted by Gasteiger charge is 2.47. The fraction of sp³-hybridized carbons (Fsp3) is 0.545. The second-order valence-electron chi connectivity index (χ2n) is 5.46. The van der Waals surface area contributed by atoms with Crippen molar-refractivity contribution in [3.05, 3.63) is 6.07 Å². The Balaban J connectivity index is 1.79. The lowest BCUT2D eigenvalue weighted by molar-refractivity contribution is -0.0214. The summed E-state index contributed by atoms with van der Waals surface area (Å²) in [5.41, 5.74) is 12.5. The minimum absolute atomic E-state index is 0.175. The Morgan fingerprint density at radius 3 is 2.79 bits per heavy atom. The van der Waals surface area contributed by atoms with Gasteiger partial charge in [0.15, 0.2) is 12.0 Å². The second-order valence-corrected chi connectivity index (χ2v) is 6.70. The van der Waals surface area contributed by atoms with E-state index < -0.39 is 39.0 Å². The molecule has 3 heterocycles. The molecule has 0 bridgehead atoms. The van der Waals surface area contributed by atoms with Crippen LogP contribution in [0, 0.1) is 0 Å². The maximum absolute atomic E-state index is 10.8. The molecule has 1 saturated heterocycles. The summed E-state index contributed by atoms with van der Waals surface area (Å²) < 4.78 is 20.6. The molecule has 0 radical (unpaired) electrons. The van der Waals surface area contributed by atoms with E-state index in [1.807, 2.05) is 0 Å². The Morgan fingerprint density at radius 2 is 2.12 bits per heavy atom. The van der Waals surface area contributed by atoms with Crippen LogP contribution in [-0.4, -0.2) is 62.8 Å². The van der Waals surface area contributed by atoms with Gasteiger partial charge in [0.1, 0.15) is 29.8 Å². The zero-order valence-electron chi connectivity index (χ0n) is 12.3. The molecule has 1 aromatic rings. The van der Waals surface area contributed by atoms with Gasteiger partial charge in [-0.25, -0.2) is 9.55 Å². The number of phosphoric ester groups is 1. The molecule has 0 aliphatic carbocycles. The smallest absolute Gasteiger partial charge is 0.387 e. The van der Waals surface area contributed by atoms with E-state index in [1.54, 1.807) is 4.90 Å². The van der Waals surface area contributed by atoms with Crippen LogP contribution in [0.4, 0.5) is 23.0 Å². The van der Waals surface area contributed by atoms with E-state index in [0.717, 1.165) is 0 Å².